The molecule has 0 aliphatic heterocycles. The highest BCUT2D eigenvalue weighted by atomic mass is 16.3. The Kier molecular flexibility index (Phi) is 9.23. The molecule has 1 aromatic heterocycles. The van der Waals surface area contributed by atoms with Gasteiger partial charge < -0.3 is 25.7 Å². The molecule has 1 aromatic rings. The van der Waals surface area contributed by atoms with Crippen LogP contribution < -0.4 is 15.5 Å². The van der Waals surface area contributed by atoms with E-state index >= 15 is 0 Å². The second-order valence-corrected chi connectivity index (χ2v) is 5.42. The molecule has 8 heteroatoms. The molecule has 1 rings (SSSR count). The van der Waals surface area contributed by atoms with Crippen LogP contribution >= 0.6 is 0 Å². The Bertz CT molecular complexity index is 410. The maximum absolute atomic E-state index is 9.26. The molecule has 0 fully saturated rings. The number of nitrogens with zero attached hydrogens (tertiary/aromatic N) is 5. The highest BCUT2D eigenvalue weighted by Crippen LogP contribution is 2.16. The summed E-state index contributed by atoms with van der Waals surface area (Å²) in [7, 11) is 0. The Hall–Kier alpha value is -1.67. The van der Waals surface area contributed by atoms with Crippen LogP contribution in [0.15, 0.2) is 0 Å². The van der Waals surface area contributed by atoms with Crippen LogP contribution in [0.5, 0.6) is 0 Å². The second kappa shape index (κ2) is 11.0. The molecule has 8 nitrogen and oxygen atoms in total. The fourth-order valence-electron chi connectivity index (χ4n) is 2.22. The predicted molar refractivity (Wildman–Crippen MR) is 92.7 cm³/mol. The molecule has 0 spiro atoms. The van der Waals surface area contributed by atoms with E-state index in [0.717, 1.165) is 38.8 Å². The summed E-state index contributed by atoms with van der Waals surface area (Å²) in [4.78, 5) is 16.8. The quantitative estimate of drug-likeness (QED) is 0.513. The number of hydrogen-bond donors (Lipinski definition) is 3. The van der Waals surface area contributed by atoms with E-state index < -0.39 is 0 Å². The topological polar surface area (TPSA) is 112 Å². The van der Waals surface area contributed by atoms with Crippen LogP contribution in [-0.4, -0.2) is 64.6 Å². The largest absolute Gasteiger partial charge is 0.395 e. The highest BCUT2D eigenvalue weighted by molar-refractivity contribution is 5.43. The van der Waals surface area contributed by atoms with Crippen LogP contribution in [0.25, 0.3) is 0 Å². The van der Waals surface area contributed by atoms with Crippen molar-refractivity contribution in [2.75, 3.05) is 54.9 Å². The van der Waals surface area contributed by atoms with Gasteiger partial charge in [0.25, 0.3) is 0 Å². The molecule has 23 heavy (non-hydrogen) atoms. The SMILES string of the molecule is CCCCN(CCO)c1nc(N)nc(N(CCO)CCCC)n1. The number of unbranched alkanes of at least 4 members (excludes halogenated alkanes) is 2. The fraction of sp³-hybridized carbons (Fsp3) is 0.800. The van der Waals surface area contributed by atoms with Crippen LogP contribution in [0.2, 0.25) is 0 Å². The summed E-state index contributed by atoms with van der Waals surface area (Å²) < 4.78 is 0. The minimum Gasteiger partial charge on any atom is -0.395 e. The van der Waals surface area contributed by atoms with Crippen LogP contribution in [0, 0.1) is 0 Å². The molecular formula is C15H30N6O2. The van der Waals surface area contributed by atoms with Crippen molar-refractivity contribution < 1.29 is 10.2 Å². The van der Waals surface area contributed by atoms with E-state index in [2.05, 4.69) is 28.8 Å². The molecule has 1 heterocycles. The molecule has 0 saturated heterocycles. The number of nitrogen functional groups attached to an aromatic ring is 1. The number of aromatic nitrogens is 3. The van der Waals surface area contributed by atoms with Gasteiger partial charge in [-0.05, 0) is 12.8 Å². The Balaban J connectivity index is 3.01. The van der Waals surface area contributed by atoms with E-state index in [-0.39, 0.29) is 19.2 Å². The minimum atomic E-state index is 0.0286. The molecule has 0 amide bonds. The van der Waals surface area contributed by atoms with Crippen LogP contribution in [0.1, 0.15) is 39.5 Å². The molecule has 132 valence electrons. The molecule has 0 aromatic carbocycles. The van der Waals surface area contributed by atoms with Gasteiger partial charge in [0.1, 0.15) is 0 Å². The first-order valence-electron chi connectivity index (χ1n) is 8.39. The zero-order valence-electron chi connectivity index (χ0n) is 14.3. The first-order chi connectivity index (χ1) is 11.2. The summed E-state index contributed by atoms with van der Waals surface area (Å²) in [6.45, 7) is 6.71. The number of rotatable bonds is 12. The van der Waals surface area contributed by atoms with Crippen molar-refractivity contribution in [1.82, 2.24) is 15.0 Å². The number of anilines is 3. The summed E-state index contributed by atoms with van der Waals surface area (Å²) in [5.74, 6) is 1.12. The zero-order chi connectivity index (χ0) is 17.1. The van der Waals surface area contributed by atoms with Crippen molar-refractivity contribution in [2.24, 2.45) is 0 Å². The van der Waals surface area contributed by atoms with Crippen molar-refractivity contribution in [3.63, 3.8) is 0 Å². The lowest BCUT2D eigenvalue weighted by molar-refractivity contribution is 0.300. The van der Waals surface area contributed by atoms with Gasteiger partial charge in [0.05, 0.1) is 13.2 Å². The van der Waals surface area contributed by atoms with E-state index in [1.807, 2.05) is 9.80 Å². The van der Waals surface area contributed by atoms with Crippen molar-refractivity contribution in [3.05, 3.63) is 0 Å². The standard InChI is InChI=1S/C15H30N6O2/c1-3-5-7-20(9-11-22)14-17-13(16)18-15(19-14)21(10-12-23)8-6-4-2/h22-23H,3-12H2,1-2H3,(H2,16,17,18,19). The van der Waals surface area contributed by atoms with Crippen molar-refractivity contribution >= 4 is 17.8 Å². The Morgan fingerprint density at radius 1 is 0.783 bits per heavy atom. The third kappa shape index (κ3) is 6.54. The maximum Gasteiger partial charge on any atom is 0.232 e. The van der Waals surface area contributed by atoms with E-state index in [4.69, 9.17) is 5.73 Å². The molecule has 0 aliphatic carbocycles. The Morgan fingerprint density at radius 3 is 1.57 bits per heavy atom. The smallest absolute Gasteiger partial charge is 0.232 e. The summed E-state index contributed by atoms with van der Waals surface area (Å²) in [5, 5.41) is 18.5. The number of nitrogens with two attached hydrogens (primary N) is 1. The van der Waals surface area contributed by atoms with Gasteiger partial charge in [-0.25, -0.2) is 0 Å². The lowest BCUT2D eigenvalue weighted by Crippen LogP contribution is -2.33. The number of aliphatic hydroxyl groups excluding tert-OH is 2. The molecule has 0 unspecified atom stereocenters. The van der Waals surface area contributed by atoms with E-state index in [1.54, 1.807) is 0 Å². The summed E-state index contributed by atoms with van der Waals surface area (Å²) in [5.41, 5.74) is 5.84. The first-order valence-corrected chi connectivity index (χ1v) is 8.39. The molecule has 0 bridgehead atoms. The first kappa shape index (κ1) is 19.4. The van der Waals surface area contributed by atoms with E-state index in [0.29, 0.717) is 25.0 Å². The molecule has 0 atom stereocenters. The summed E-state index contributed by atoms with van der Waals surface area (Å²) in [6.07, 6.45) is 4.05. The lowest BCUT2D eigenvalue weighted by atomic mass is 10.3. The molecule has 0 saturated carbocycles. The maximum atomic E-state index is 9.26. The number of hydrogen-bond acceptors (Lipinski definition) is 8. The van der Waals surface area contributed by atoms with E-state index in [9.17, 15) is 10.2 Å². The monoisotopic (exact) mass is 326 g/mol. The van der Waals surface area contributed by atoms with Gasteiger partial charge in [-0.1, -0.05) is 26.7 Å². The van der Waals surface area contributed by atoms with Gasteiger partial charge in [-0.15, -0.1) is 0 Å². The normalized spacial score (nSPS) is 10.8. The highest BCUT2D eigenvalue weighted by Gasteiger charge is 2.16. The average Bonchev–Trinajstić information content (AvgIpc) is 2.54. The number of aliphatic hydroxyl groups is 2. The van der Waals surface area contributed by atoms with E-state index in [1.165, 1.54) is 0 Å². The van der Waals surface area contributed by atoms with Crippen LogP contribution in [0.4, 0.5) is 17.8 Å². The Labute approximate surface area is 138 Å². The van der Waals surface area contributed by atoms with Crippen LogP contribution in [-0.2, 0) is 0 Å². The predicted octanol–water partition coefficient (Wildman–Crippen LogP) is 0.651. The van der Waals surface area contributed by atoms with Gasteiger partial charge in [-0.3, -0.25) is 0 Å². The Morgan fingerprint density at radius 2 is 1.22 bits per heavy atom. The third-order valence-electron chi connectivity index (χ3n) is 3.50. The average molecular weight is 326 g/mol. The fourth-order valence-corrected chi connectivity index (χ4v) is 2.22. The van der Waals surface area contributed by atoms with Gasteiger partial charge in [-0.2, -0.15) is 15.0 Å². The van der Waals surface area contributed by atoms with Crippen molar-refractivity contribution in [3.8, 4) is 0 Å². The third-order valence-corrected chi connectivity index (χ3v) is 3.50. The molecule has 0 radical (unpaired) electrons. The molecular weight excluding hydrogens is 296 g/mol. The van der Waals surface area contributed by atoms with Crippen molar-refractivity contribution in [2.45, 2.75) is 39.5 Å². The minimum absolute atomic E-state index is 0.0286. The molecule has 0 aliphatic rings. The zero-order valence-corrected chi connectivity index (χ0v) is 14.3. The van der Waals surface area contributed by atoms with Gasteiger partial charge in [0.15, 0.2) is 0 Å². The van der Waals surface area contributed by atoms with Crippen molar-refractivity contribution in [1.29, 1.82) is 0 Å². The lowest BCUT2D eigenvalue weighted by Gasteiger charge is -2.25. The summed E-state index contributed by atoms with van der Waals surface area (Å²) >= 11 is 0. The van der Waals surface area contributed by atoms with Crippen LogP contribution in [0.3, 0.4) is 0 Å². The van der Waals surface area contributed by atoms with Gasteiger partial charge in [0, 0.05) is 26.2 Å². The van der Waals surface area contributed by atoms with Gasteiger partial charge >= 0.3 is 0 Å². The van der Waals surface area contributed by atoms with Gasteiger partial charge in [0.2, 0.25) is 17.8 Å². The molecule has 4 N–H and O–H groups in total. The second-order valence-electron chi connectivity index (χ2n) is 5.42. The summed E-state index contributed by atoms with van der Waals surface area (Å²) in [6, 6.07) is 0.